The molecule has 0 aliphatic heterocycles. The molecule has 0 saturated carbocycles. The number of benzene rings is 11. The maximum Gasteiger partial charge on any atom is 0.100 e. The number of hydrogen-bond donors (Lipinski definition) is 0. The van der Waals surface area contributed by atoms with E-state index in [1.165, 1.54) is 32.7 Å². The predicted molar refractivity (Wildman–Crippen MR) is 372 cm³/mol. The van der Waals surface area contributed by atoms with Gasteiger partial charge in [0.25, 0.3) is 0 Å². The number of nitriles is 1. The van der Waals surface area contributed by atoms with E-state index in [1.54, 1.807) is 0 Å². The molecule has 0 aliphatic rings. The van der Waals surface area contributed by atoms with Crippen LogP contribution in [0.3, 0.4) is 0 Å². The van der Waals surface area contributed by atoms with Crippen molar-refractivity contribution >= 4 is 43.6 Å². The smallest absolute Gasteiger partial charge is 0.100 e. The third-order valence-corrected chi connectivity index (χ3v) is 17.6. The van der Waals surface area contributed by atoms with Crippen LogP contribution in [0.4, 0.5) is 0 Å². The van der Waals surface area contributed by atoms with Crippen LogP contribution in [0, 0.1) is 25.2 Å². The van der Waals surface area contributed by atoms with Gasteiger partial charge < -0.3 is 9.13 Å². The minimum Gasteiger partial charge on any atom is -0.309 e. The van der Waals surface area contributed by atoms with Crippen molar-refractivity contribution in [3.05, 3.63) is 320 Å². The van der Waals surface area contributed by atoms with Gasteiger partial charge >= 0.3 is 0 Å². The molecule has 0 atom stereocenters. The normalized spacial score (nSPS) is 11.4. The quantitative estimate of drug-likeness (QED) is 0.129. The molecular weight excluding hydrogens is 1090 g/mol. The Hall–Kier alpha value is -12.0. The Labute approximate surface area is 522 Å². The van der Waals surface area contributed by atoms with Crippen LogP contribution in [0.2, 0.25) is 0 Å². The van der Waals surface area contributed by atoms with Gasteiger partial charge in [-0.05, 0) is 138 Å². The number of rotatable bonds is 11. The number of fused-ring (bicyclic) bond motifs is 6. The Bertz CT molecular complexity index is 5340. The molecule has 0 bridgehead atoms. The minimum atomic E-state index is 0.508. The number of pyridine rings is 3. The van der Waals surface area contributed by atoms with Crippen molar-refractivity contribution in [2.75, 3.05) is 0 Å². The van der Waals surface area contributed by atoms with E-state index in [9.17, 15) is 5.26 Å². The summed E-state index contributed by atoms with van der Waals surface area (Å²) in [5.41, 5.74) is 25.1. The molecule has 6 nitrogen and oxygen atoms in total. The van der Waals surface area contributed by atoms with Crippen LogP contribution in [0.15, 0.2) is 304 Å². The Balaban J connectivity index is 1.07. The largest absolute Gasteiger partial charge is 0.309 e. The zero-order valence-electron chi connectivity index (χ0n) is 49.6. The Kier molecular flexibility index (Phi) is 13.3. The monoisotopic (exact) mass is 1150 g/mol. The SMILES string of the molecule is Cc1ccc2c(c1)c1ccccc1n2-c1ccc(-c2c(C#N)c(-c3cc(-c4ccccc4)nc(-c4ccccc4)c3)c(-c3cccnc3)c(-c3ccc(-n4c5ccccc5c5cc(C)ccc54)cc3)c2-c2cc(-c3ccccc3)nc(-c3ccccc3)c2)cc1. The fourth-order valence-electron chi connectivity index (χ4n) is 13.5. The minimum absolute atomic E-state index is 0.508. The fourth-order valence-corrected chi connectivity index (χ4v) is 13.5. The molecular formula is C84H56N6. The highest BCUT2D eigenvalue weighted by atomic mass is 15.0. The molecule has 0 N–H and O–H groups in total. The summed E-state index contributed by atoms with van der Waals surface area (Å²) in [5, 5.41) is 17.5. The molecule has 0 fully saturated rings. The standard InChI is InChI=1S/C84H56N6/c1-54-33-43-78-69(46-54)67-29-15-17-31-76(67)89(78)65-39-35-60(36-40-65)80-71(52-85)81(63-48-72(56-20-7-3-8-21-56)87-73(49-63)57-22-9-4-10-23-57)83(62-28-19-45-86-53-62)82(84(80)64-50-74(58-24-11-5-12-25-58)88-75(51-64)59-26-13-6-14-27-59)61-37-41-66(42-38-61)90-77-32-18-16-30-68(77)70-47-55(2)34-44-79(70)90/h3-51,53H,1-2H3. The number of para-hydroxylation sites is 2. The fraction of sp³-hybridized carbons (Fsp3) is 0.0238. The van der Waals surface area contributed by atoms with Crippen LogP contribution < -0.4 is 0 Å². The molecule has 0 spiro atoms. The second kappa shape index (κ2) is 22.3. The van der Waals surface area contributed by atoms with Gasteiger partial charge in [0, 0.05) is 89.8 Å². The Morgan fingerprint density at radius 3 is 1.04 bits per heavy atom. The van der Waals surface area contributed by atoms with E-state index in [0.29, 0.717) is 5.56 Å². The van der Waals surface area contributed by atoms with Crippen LogP contribution in [0.1, 0.15) is 16.7 Å². The number of nitrogens with zero attached hydrogens (tertiary/aromatic N) is 6. The van der Waals surface area contributed by atoms with Gasteiger partial charge in [0.2, 0.25) is 0 Å². The lowest BCUT2D eigenvalue weighted by Crippen LogP contribution is -2.04. The van der Waals surface area contributed by atoms with Gasteiger partial charge in [0.05, 0.1) is 50.4 Å². The first-order valence-electron chi connectivity index (χ1n) is 30.4. The molecule has 16 aromatic rings. The zero-order valence-corrected chi connectivity index (χ0v) is 49.6. The molecule has 0 unspecified atom stereocenters. The van der Waals surface area contributed by atoms with Crippen LogP contribution >= 0.6 is 0 Å². The van der Waals surface area contributed by atoms with Crippen molar-refractivity contribution in [2.45, 2.75) is 13.8 Å². The second-order valence-electron chi connectivity index (χ2n) is 23.2. The number of aryl methyl sites for hydroxylation is 2. The van der Waals surface area contributed by atoms with E-state index < -0.39 is 0 Å². The summed E-state index contributed by atoms with van der Waals surface area (Å²) >= 11 is 0. The van der Waals surface area contributed by atoms with Gasteiger partial charge in [-0.1, -0.05) is 211 Å². The van der Waals surface area contributed by atoms with Gasteiger partial charge in [-0.25, -0.2) is 9.97 Å². The summed E-state index contributed by atoms with van der Waals surface area (Å²) in [4.78, 5) is 15.8. The Morgan fingerprint density at radius 2 is 0.633 bits per heavy atom. The van der Waals surface area contributed by atoms with E-state index in [-0.39, 0.29) is 0 Å². The van der Waals surface area contributed by atoms with Crippen molar-refractivity contribution in [3.63, 3.8) is 0 Å². The van der Waals surface area contributed by atoms with Crippen molar-refractivity contribution < 1.29 is 0 Å². The highest BCUT2D eigenvalue weighted by molar-refractivity contribution is 6.13. The lowest BCUT2D eigenvalue weighted by atomic mass is 9.75. The van der Waals surface area contributed by atoms with Crippen molar-refractivity contribution in [2.24, 2.45) is 0 Å². The molecule has 0 amide bonds. The number of aromatic nitrogens is 5. The third-order valence-electron chi connectivity index (χ3n) is 17.6. The molecule has 0 radical (unpaired) electrons. The Morgan fingerprint density at radius 1 is 0.289 bits per heavy atom. The van der Waals surface area contributed by atoms with Crippen LogP contribution in [-0.2, 0) is 0 Å². The van der Waals surface area contributed by atoms with Gasteiger partial charge in [-0.2, -0.15) is 5.26 Å². The third kappa shape index (κ3) is 9.32. The molecule has 0 saturated heterocycles. The van der Waals surface area contributed by atoms with E-state index >= 15 is 0 Å². The molecule has 6 heteroatoms. The summed E-state index contributed by atoms with van der Waals surface area (Å²) in [5.74, 6) is 0. The van der Waals surface area contributed by atoms with Gasteiger partial charge in [0.15, 0.2) is 0 Å². The van der Waals surface area contributed by atoms with Crippen LogP contribution in [0.5, 0.6) is 0 Å². The first-order chi connectivity index (χ1) is 44.4. The summed E-state index contributed by atoms with van der Waals surface area (Å²) in [7, 11) is 0. The first-order valence-corrected chi connectivity index (χ1v) is 30.4. The second-order valence-corrected chi connectivity index (χ2v) is 23.2. The number of hydrogen-bond acceptors (Lipinski definition) is 4. The van der Waals surface area contributed by atoms with Crippen molar-refractivity contribution in [3.8, 4) is 118 Å². The molecule has 0 aliphatic carbocycles. The molecule has 5 aromatic heterocycles. The maximum atomic E-state index is 12.7. The molecule has 11 aromatic carbocycles. The predicted octanol–water partition coefficient (Wildman–Crippen LogP) is 21.6. The molecule has 16 rings (SSSR count). The highest BCUT2D eigenvalue weighted by Crippen LogP contribution is 2.54. The molecule has 5 heterocycles. The lowest BCUT2D eigenvalue weighted by molar-refractivity contribution is 1.18. The summed E-state index contributed by atoms with van der Waals surface area (Å²) in [6.45, 7) is 4.31. The highest BCUT2D eigenvalue weighted by Gasteiger charge is 2.31. The first kappa shape index (κ1) is 53.4. The van der Waals surface area contributed by atoms with Gasteiger partial charge in [0.1, 0.15) is 6.07 Å². The van der Waals surface area contributed by atoms with Crippen LogP contribution in [-0.4, -0.2) is 24.1 Å². The maximum absolute atomic E-state index is 12.7. The zero-order chi connectivity index (χ0) is 60.2. The molecule has 90 heavy (non-hydrogen) atoms. The van der Waals surface area contributed by atoms with Crippen molar-refractivity contribution in [1.29, 1.82) is 5.26 Å². The topological polar surface area (TPSA) is 72.3 Å². The summed E-state index contributed by atoms with van der Waals surface area (Å²) in [6, 6.07) is 106. The van der Waals surface area contributed by atoms with Gasteiger partial charge in [-0.3, -0.25) is 4.98 Å². The summed E-state index contributed by atoms with van der Waals surface area (Å²) < 4.78 is 4.73. The van der Waals surface area contributed by atoms with Crippen LogP contribution in [0.25, 0.3) is 156 Å². The van der Waals surface area contributed by atoms with Gasteiger partial charge in [-0.15, -0.1) is 0 Å². The molecule has 422 valence electrons. The average Bonchev–Trinajstić information content (AvgIpc) is 0.822. The van der Waals surface area contributed by atoms with E-state index in [2.05, 4.69) is 290 Å². The van der Waals surface area contributed by atoms with E-state index in [0.717, 1.165) is 134 Å². The van der Waals surface area contributed by atoms with E-state index in [4.69, 9.17) is 15.0 Å². The average molecular weight is 1150 g/mol. The van der Waals surface area contributed by atoms with Crippen molar-refractivity contribution in [1.82, 2.24) is 24.1 Å². The van der Waals surface area contributed by atoms with E-state index in [1.807, 2.05) is 42.7 Å². The lowest BCUT2D eigenvalue weighted by Gasteiger charge is -2.27. The summed E-state index contributed by atoms with van der Waals surface area (Å²) in [6.07, 6.45) is 3.76.